The zero-order valence-electron chi connectivity index (χ0n) is 7.57. The zero-order valence-corrected chi connectivity index (χ0v) is 7.57. The minimum atomic E-state index is 1.13. The molecule has 0 N–H and O–H groups in total. The maximum Gasteiger partial charge on any atom is -0.0346 e. The molecule has 0 atom stereocenters. The molecule has 0 aliphatic rings. The third-order valence-corrected chi connectivity index (χ3v) is 1.81. The van der Waals surface area contributed by atoms with E-state index >= 15 is 0 Å². The molecule has 0 heterocycles. The van der Waals surface area contributed by atoms with Crippen LogP contribution in [0.4, 0.5) is 0 Å². The third kappa shape index (κ3) is 3.49. The molecule has 0 aromatic heterocycles. The van der Waals surface area contributed by atoms with E-state index in [4.69, 9.17) is 0 Å². The van der Waals surface area contributed by atoms with Gasteiger partial charge in [0.15, 0.2) is 0 Å². The van der Waals surface area contributed by atoms with Crippen molar-refractivity contribution in [1.82, 2.24) is 0 Å². The fourth-order valence-corrected chi connectivity index (χ4v) is 0.716. The lowest BCUT2D eigenvalue weighted by Gasteiger charge is -1.97. The van der Waals surface area contributed by atoms with Crippen LogP contribution >= 0.6 is 0 Å². The predicted molar refractivity (Wildman–Crippen MR) is 48.1 cm³/mol. The van der Waals surface area contributed by atoms with Crippen LogP contribution in [0.1, 0.15) is 40.5 Å². The van der Waals surface area contributed by atoms with Crippen molar-refractivity contribution in [3.63, 3.8) is 0 Å². The Labute approximate surface area is 64.6 Å². The Bertz CT molecular complexity index is 138. The molecule has 0 saturated heterocycles. The van der Waals surface area contributed by atoms with Crippen molar-refractivity contribution >= 4 is 0 Å². The summed E-state index contributed by atoms with van der Waals surface area (Å²) in [6.45, 7) is 8.71. The zero-order chi connectivity index (χ0) is 7.98. The van der Waals surface area contributed by atoms with Crippen LogP contribution in [-0.2, 0) is 0 Å². The summed E-state index contributed by atoms with van der Waals surface area (Å²) in [5.74, 6) is 0. The Morgan fingerprint density at radius 1 is 1.20 bits per heavy atom. The molecule has 0 aromatic rings. The van der Waals surface area contributed by atoms with E-state index in [1.54, 1.807) is 0 Å². The highest BCUT2D eigenvalue weighted by molar-refractivity contribution is 5.21. The smallest absolute Gasteiger partial charge is 0.0346 e. The van der Waals surface area contributed by atoms with E-state index in [-0.39, 0.29) is 0 Å². The number of allylic oxidation sites excluding steroid dienone is 4. The Morgan fingerprint density at radius 3 is 2.20 bits per heavy atom. The molecule has 0 spiro atoms. The second-order valence-electron chi connectivity index (χ2n) is 2.63. The maximum atomic E-state index is 2.21. The highest BCUT2D eigenvalue weighted by Crippen LogP contribution is 2.08. The van der Waals surface area contributed by atoms with Gasteiger partial charge in [-0.25, -0.2) is 0 Å². The summed E-state index contributed by atoms with van der Waals surface area (Å²) in [6.07, 6.45) is 6.71. The van der Waals surface area contributed by atoms with Crippen molar-refractivity contribution in [2.45, 2.75) is 40.5 Å². The third-order valence-electron chi connectivity index (χ3n) is 1.81. The standard InChI is InChI=1S/C10H18/c1-5-7-8-10(4)9(3)6-2/h7-8H,5-6H2,1-4H3/b8-7-,10-9-. The summed E-state index contributed by atoms with van der Waals surface area (Å²) in [5, 5.41) is 0. The van der Waals surface area contributed by atoms with Gasteiger partial charge in [-0.2, -0.15) is 0 Å². The van der Waals surface area contributed by atoms with Gasteiger partial charge in [-0.3, -0.25) is 0 Å². The summed E-state index contributed by atoms with van der Waals surface area (Å²) in [7, 11) is 0. The quantitative estimate of drug-likeness (QED) is 0.522. The molecule has 0 aromatic carbocycles. The van der Waals surface area contributed by atoms with E-state index in [9.17, 15) is 0 Å². The minimum Gasteiger partial charge on any atom is -0.0845 e. The number of rotatable bonds is 3. The minimum absolute atomic E-state index is 1.13. The number of hydrogen-bond donors (Lipinski definition) is 0. The van der Waals surface area contributed by atoms with Crippen LogP contribution in [0.15, 0.2) is 23.3 Å². The van der Waals surface area contributed by atoms with Gasteiger partial charge in [0.1, 0.15) is 0 Å². The van der Waals surface area contributed by atoms with E-state index in [0.717, 1.165) is 6.42 Å². The van der Waals surface area contributed by atoms with Crippen molar-refractivity contribution in [1.29, 1.82) is 0 Å². The molecule has 0 amide bonds. The van der Waals surface area contributed by atoms with Crippen molar-refractivity contribution in [2.24, 2.45) is 0 Å². The summed E-state index contributed by atoms with van der Waals surface area (Å²) in [5.41, 5.74) is 2.91. The van der Waals surface area contributed by atoms with E-state index in [1.165, 1.54) is 17.6 Å². The molecule has 0 aliphatic carbocycles. The molecular weight excluding hydrogens is 120 g/mol. The maximum absolute atomic E-state index is 2.21. The normalized spacial score (nSPS) is 14.0. The molecule has 0 rings (SSSR count). The van der Waals surface area contributed by atoms with Crippen molar-refractivity contribution in [3.8, 4) is 0 Å². The van der Waals surface area contributed by atoms with Gasteiger partial charge in [-0.05, 0) is 26.7 Å². The van der Waals surface area contributed by atoms with E-state index < -0.39 is 0 Å². The molecule has 0 radical (unpaired) electrons. The van der Waals surface area contributed by atoms with Crippen LogP contribution in [0.5, 0.6) is 0 Å². The molecule has 0 saturated carbocycles. The first-order valence-corrected chi connectivity index (χ1v) is 4.05. The molecular formula is C10H18. The van der Waals surface area contributed by atoms with Gasteiger partial charge in [0.2, 0.25) is 0 Å². The SMILES string of the molecule is CC/C=C\C(C)=C(\C)CC. The van der Waals surface area contributed by atoms with Crippen LogP contribution in [0.2, 0.25) is 0 Å². The van der Waals surface area contributed by atoms with E-state index in [2.05, 4.69) is 39.8 Å². The fourth-order valence-electron chi connectivity index (χ4n) is 0.716. The lowest BCUT2D eigenvalue weighted by molar-refractivity contribution is 1.07. The molecule has 10 heavy (non-hydrogen) atoms. The Morgan fingerprint density at radius 2 is 1.80 bits per heavy atom. The summed E-state index contributed by atoms with van der Waals surface area (Å²) >= 11 is 0. The Kier molecular flexibility index (Phi) is 5.00. The second kappa shape index (κ2) is 5.28. The molecule has 0 heteroatoms. The van der Waals surface area contributed by atoms with Gasteiger partial charge in [-0.1, -0.05) is 37.1 Å². The molecule has 58 valence electrons. The van der Waals surface area contributed by atoms with E-state index in [0.29, 0.717) is 0 Å². The van der Waals surface area contributed by atoms with Gasteiger partial charge in [0.05, 0.1) is 0 Å². The van der Waals surface area contributed by atoms with Gasteiger partial charge < -0.3 is 0 Å². The molecule has 0 nitrogen and oxygen atoms in total. The van der Waals surface area contributed by atoms with Gasteiger partial charge in [0, 0.05) is 0 Å². The van der Waals surface area contributed by atoms with Crippen LogP contribution < -0.4 is 0 Å². The highest BCUT2D eigenvalue weighted by Gasteiger charge is 1.87. The first-order chi connectivity index (χ1) is 4.72. The van der Waals surface area contributed by atoms with E-state index in [1.807, 2.05) is 0 Å². The van der Waals surface area contributed by atoms with Crippen LogP contribution in [-0.4, -0.2) is 0 Å². The summed E-state index contributed by atoms with van der Waals surface area (Å²) < 4.78 is 0. The molecule has 0 aliphatic heterocycles. The predicted octanol–water partition coefficient (Wildman–Crippen LogP) is 3.70. The van der Waals surface area contributed by atoms with Crippen LogP contribution in [0, 0.1) is 0 Å². The average molecular weight is 138 g/mol. The first-order valence-electron chi connectivity index (χ1n) is 4.05. The summed E-state index contributed by atoms with van der Waals surface area (Å²) in [4.78, 5) is 0. The number of hydrogen-bond acceptors (Lipinski definition) is 0. The monoisotopic (exact) mass is 138 g/mol. The second-order valence-corrected chi connectivity index (χ2v) is 2.63. The molecule has 0 unspecified atom stereocenters. The van der Waals surface area contributed by atoms with Crippen molar-refractivity contribution in [2.75, 3.05) is 0 Å². The van der Waals surface area contributed by atoms with Gasteiger partial charge in [0.25, 0.3) is 0 Å². The first kappa shape index (κ1) is 9.48. The van der Waals surface area contributed by atoms with Gasteiger partial charge in [-0.15, -0.1) is 0 Å². The topological polar surface area (TPSA) is 0 Å². The highest BCUT2D eigenvalue weighted by atomic mass is 13.9. The molecule has 0 fully saturated rings. The average Bonchev–Trinajstić information content (AvgIpc) is 1.98. The Hall–Kier alpha value is -0.520. The Balaban J connectivity index is 4.04. The van der Waals surface area contributed by atoms with Crippen molar-refractivity contribution in [3.05, 3.63) is 23.3 Å². The van der Waals surface area contributed by atoms with Crippen LogP contribution in [0.3, 0.4) is 0 Å². The van der Waals surface area contributed by atoms with Crippen LogP contribution in [0.25, 0.3) is 0 Å². The fraction of sp³-hybridized carbons (Fsp3) is 0.600. The summed E-state index contributed by atoms with van der Waals surface area (Å²) in [6, 6.07) is 0. The van der Waals surface area contributed by atoms with Gasteiger partial charge >= 0.3 is 0 Å². The molecule has 0 bridgehead atoms. The lowest BCUT2D eigenvalue weighted by Crippen LogP contribution is -1.77. The lowest BCUT2D eigenvalue weighted by atomic mass is 10.1. The van der Waals surface area contributed by atoms with Crippen molar-refractivity contribution < 1.29 is 0 Å². The largest absolute Gasteiger partial charge is 0.0845 e.